The molecule has 1 aromatic rings. The topological polar surface area (TPSA) is 130 Å². The van der Waals surface area contributed by atoms with E-state index < -0.39 is 7.32 Å². The Labute approximate surface area is 115 Å². The summed E-state index contributed by atoms with van der Waals surface area (Å²) in [5.41, 5.74) is -0.364. The van der Waals surface area contributed by atoms with Crippen LogP contribution in [0.4, 0.5) is 0 Å². The van der Waals surface area contributed by atoms with Crippen molar-refractivity contribution >= 4 is 26.2 Å². The van der Waals surface area contributed by atoms with E-state index in [0.29, 0.717) is 0 Å². The molecule has 18 heavy (non-hydrogen) atoms. The van der Waals surface area contributed by atoms with E-state index in [4.69, 9.17) is 25.8 Å². The van der Waals surface area contributed by atoms with Gasteiger partial charge in [-0.15, -0.1) is 0 Å². The molecule has 0 bridgehead atoms. The minimum absolute atomic E-state index is 0. The van der Waals surface area contributed by atoms with Gasteiger partial charge in [-0.05, 0) is 12.1 Å². The van der Waals surface area contributed by atoms with Gasteiger partial charge in [-0.2, -0.15) is 20.6 Å². The fraction of sp³-hybridized carbons (Fsp3) is 0. The molecule has 0 aliphatic heterocycles. The second kappa shape index (κ2) is 7.38. The number of rotatable bonds is 3. The summed E-state index contributed by atoms with van der Waals surface area (Å²) in [6.07, 6.45) is 0. The molecule has 1 aromatic carbocycles. The van der Waals surface area contributed by atoms with Crippen LogP contribution in [-0.2, 0) is 4.81 Å². The molecule has 0 heterocycles. The molecule has 0 amide bonds. The van der Waals surface area contributed by atoms with Gasteiger partial charge in [0.1, 0.15) is 23.8 Å². The third-order valence-corrected chi connectivity index (χ3v) is 1.74. The molecule has 0 atom stereocenters. The first-order valence-corrected chi connectivity index (χ1v) is 4.20. The van der Waals surface area contributed by atoms with Gasteiger partial charge in [-0.25, -0.2) is 0 Å². The Morgan fingerprint density at radius 3 is 2.06 bits per heavy atom. The molecule has 0 radical (unpaired) electrons. The predicted octanol–water partition coefficient (Wildman–Crippen LogP) is -1.07. The van der Waals surface area contributed by atoms with E-state index in [1.54, 1.807) is 18.2 Å². The summed E-state index contributed by atoms with van der Waals surface area (Å²) in [5, 5.41) is 43.2. The summed E-state index contributed by atoms with van der Waals surface area (Å²) < 4.78 is 0. The molecule has 0 spiro atoms. The zero-order chi connectivity index (χ0) is 12.8. The average molecular weight is 237 g/mol. The molecular formula is C9H5BLiN3O4. The van der Waals surface area contributed by atoms with Crippen molar-refractivity contribution in [1.82, 2.24) is 0 Å². The van der Waals surface area contributed by atoms with Gasteiger partial charge in [-0.3, -0.25) is 0 Å². The van der Waals surface area contributed by atoms with E-state index in [-0.39, 0.29) is 41.3 Å². The van der Waals surface area contributed by atoms with Crippen molar-refractivity contribution in [1.29, 1.82) is 15.8 Å². The quantitative estimate of drug-likeness (QED) is 0.388. The van der Waals surface area contributed by atoms with Crippen molar-refractivity contribution in [3.05, 3.63) is 28.8 Å². The number of nitriles is 3. The molecule has 0 aliphatic carbocycles. The number of nitrogens with zero attached hydrogens (tertiary/aromatic N) is 3. The monoisotopic (exact) mass is 237 g/mol. The molecule has 9 heteroatoms. The van der Waals surface area contributed by atoms with Crippen molar-refractivity contribution in [2.24, 2.45) is 0 Å². The van der Waals surface area contributed by atoms with E-state index in [1.165, 1.54) is 12.1 Å². The van der Waals surface area contributed by atoms with Gasteiger partial charge in [-0.1, -0.05) is 0 Å². The zero-order valence-corrected chi connectivity index (χ0v) is 8.28. The van der Waals surface area contributed by atoms with Crippen LogP contribution in [0, 0.1) is 34.0 Å². The van der Waals surface area contributed by atoms with Crippen LogP contribution in [0.2, 0.25) is 0 Å². The molecular weight excluding hydrogens is 232 g/mol. The van der Waals surface area contributed by atoms with Crippen molar-refractivity contribution in [3.8, 4) is 24.0 Å². The van der Waals surface area contributed by atoms with Crippen LogP contribution in [-0.4, -0.2) is 36.2 Å². The Hall–Kier alpha value is -1.97. The normalized spacial score (nSPS) is 8.17. The molecule has 2 N–H and O–H groups in total. The van der Waals surface area contributed by atoms with Crippen molar-refractivity contribution in [2.45, 2.75) is 0 Å². The van der Waals surface area contributed by atoms with E-state index in [2.05, 4.69) is 9.69 Å². The SMILES string of the molecule is N#Cc1ccc(OOB(O)O)c(C#N)c1C#N.[LiH]. The third-order valence-electron chi connectivity index (χ3n) is 1.74. The number of hydrogen-bond donors (Lipinski definition) is 2. The van der Waals surface area contributed by atoms with Gasteiger partial charge in [0.25, 0.3) is 0 Å². The van der Waals surface area contributed by atoms with Crippen molar-refractivity contribution in [3.63, 3.8) is 0 Å². The molecule has 1 rings (SSSR count). The Bertz CT molecular complexity index is 559. The molecule has 0 aromatic heterocycles. The molecule has 7 nitrogen and oxygen atoms in total. The van der Waals surface area contributed by atoms with Crippen LogP contribution in [0.1, 0.15) is 16.7 Å². The van der Waals surface area contributed by atoms with Crippen LogP contribution in [0.25, 0.3) is 0 Å². The van der Waals surface area contributed by atoms with Crippen LogP contribution in [0.15, 0.2) is 12.1 Å². The molecule has 0 aliphatic rings. The van der Waals surface area contributed by atoms with Gasteiger partial charge >= 0.3 is 26.2 Å². The van der Waals surface area contributed by atoms with Crippen molar-refractivity contribution < 1.29 is 19.7 Å². The summed E-state index contributed by atoms with van der Waals surface area (Å²) in [4.78, 5) is 8.46. The van der Waals surface area contributed by atoms with Crippen LogP contribution >= 0.6 is 0 Å². The minimum atomic E-state index is -2.18. The standard InChI is InChI=1S/C9H4BN3O4.Li.H/c11-3-6-1-2-9(16-17-10(14)15)8(5-13)7(6)4-12;;/h1-2,14-15H;;. The van der Waals surface area contributed by atoms with Crippen LogP contribution in [0.3, 0.4) is 0 Å². The summed E-state index contributed by atoms with van der Waals surface area (Å²) in [7, 11) is -2.18. The summed E-state index contributed by atoms with van der Waals surface area (Å²) in [5.74, 6) is -0.184. The maximum atomic E-state index is 8.84. The average Bonchev–Trinajstić information content (AvgIpc) is 2.34. The van der Waals surface area contributed by atoms with Crippen molar-refractivity contribution in [2.75, 3.05) is 0 Å². The first-order valence-electron chi connectivity index (χ1n) is 4.20. The molecule has 0 saturated carbocycles. The fourth-order valence-electron chi connectivity index (χ4n) is 1.07. The van der Waals surface area contributed by atoms with Gasteiger partial charge in [0.2, 0.25) is 0 Å². The van der Waals surface area contributed by atoms with Crippen LogP contribution in [0.5, 0.6) is 5.75 Å². The molecule has 0 fully saturated rings. The maximum absolute atomic E-state index is 8.84. The van der Waals surface area contributed by atoms with Gasteiger partial charge in [0, 0.05) is 0 Å². The Morgan fingerprint density at radius 1 is 1.00 bits per heavy atom. The van der Waals surface area contributed by atoms with E-state index in [1.807, 2.05) is 0 Å². The van der Waals surface area contributed by atoms with Crippen LogP contribution < -0.4 is 4.89 Å². The second-order valence-corrected chi connectivity index (χ2v) is 2.70. The second-order valence-electron chi connectivity index (χ2n) is 2.70. The van der Waals surface area contributed by atoms with E-state index in [9.17, 15) is 0 Å². The predicted molar refractivity (Wildman–Crippen MR) is 59.6 cm³/mol. The Morgan fingerprint density at radius 2 is 1.61 bits per heavy atom. The molecule has 84 valence electrons. The number of hydrogen-bond acceptors (Lipinski definition) is 7. The third kappa shape index (κ3) is 3.52. The Balaban J connectivity index is 0.00000289. The van der Waals surface area contributed by atoms with Gasteiger partial charge < -0.3 is 14.9 Å². The summed E-state index contributed by atoms with van der Waals surface area (Å²) in [6, 6.07) is 7.57. The fourth-order valence-corrected chi connectivity index (χ4v) is 1.07. The summed E-state index contributed by atoms with van der Waals surface area (Å²) >= 11 is 0. The van der Waals surface area contributed by atoms with Gasteiger partial charge in [0.15, 0.2) is 5.75 Å². The number of benzene rings is 1. The van der Waals surface area contributed by atoms with E-state index >= 15 is 0 Å². The van der Waals surface area contributed by atoms with E-state index in [0.717, 1.165) is 0 Å². The first kappa shape index (κ1) is 16.0. The summed E-state index contributed by atoms with van der Waals surface area (Å²) in [6.45, 7) is 0. The van der Waals surface area contributed by atoms with Gasteiger partial charge in [0.05, 0.1) is 11.1 Å². The Kier molecular flexibility index (Phi) is 6.57. The zero-order valence-electron chi connectivity index (χ0n) is 8.28. The first-order chi connectivity index (χ1) is 8.13. The molecule has 0 unspecified atom stereocenters. The molecule has 0 saturated heterocycles.